The Bertz CT molecular complexity index is 336. The Morgan fingerprint density at radius 2 is 1.73 bits per heavy atom. The predicted molar refractivity (Wildman–Crippen MR) is 55.2 cm³/mol. The number of carbonyl (C=O) groups excluding carboxylic acids is 2. The van der Waals surface area contributed by atoms with E-state index in [0.717, 1.165) is 6.42 Å². The Kier molecular flexibility index (Phi) is 1.93. The molecule has 0 unspecified atom stereocenters. The van der Waals surface area contributed by atoms with Crippen molar-refractivity contribution in [3.8, 4) is 0 Å². The maximum atomic E-state index is 12.0. The average Bonchev–Trinajstić information content (AvgIpc) is 2.87. The van der Waals surface area contributed by atoms with Gasteiger partial charge in [-0.1, -0.05) is 12.2 Å². The zero-order valence-corrected chi connectivity index (χ0v) is 8.98. The molecule has 1 saturated carbocycles. The zero-order chi connectivity index (χ0) is 10.6. The highest BCUT2D eigenvalue weighted by Crippen LogP contribution is 2.52. The number of allylic oxidation sites excluding steroid dienone is 2. The van der Waals surface area contributed by atoms with E-state index in [4.69, 9.17) is 11.6 Å². The first-order valence-electron chi connectivity index (χ1n) is 5.33. The number of hydrogen-bond donors (Lipinski definition) is 0. The summed E-state index contributed by atoms with van der Waals surface area (Å²) >= 11 is 5.60. The minimum absolute atomic E-state index is 0.00231. The number of fused-ring (bicyclic) bond motifs is 5. The lowest BCUT2D eigenvalue weighted by molar-refractivity contribution is -0.140. The molecule has 1 saturated heterocycles. The van der Waals surface area contributed by atoms with Crippen LogP contribution in [0.3, 0.4) is 0 Å². The first-order valence-corrected chi connectivity index (χ1v) is 5.87. The molecule has 0 aromatic heterocycles. The minimum Gasteiger partial charge on any atom is -0.281 e. The topological polar surface area (TPSA) is 37.4 Å². The van der Waals surface area contributed by atoms with Crippen LogP contribution in [0.25, 0.3) is 0 Å². The van der Waals surface area contributed by atoms with Crippen molar-refractivity contribution in [1.82, 2.24) is 4.90 Å². The molecule has 2 bridgehead atoms. The third-order valence-electron chi connectivity index (χ3n) is 3.87. The van der Waals surface area contributed by atoms with Crippen LogP contribution in [0.2, 0.25) is 0 Å². The second-order valence-electron chi connectivity index (χ2n) is 4.52. The molecule has 0 aromatic rings. The van der Waals surface area contributed by atoms with Crippen molar-refractivity contribution in [1.29, 1.82) is 0 Å². The summed E-state index contributed by atoms with van der Waals surface area (Å²) in [6, 6.07) is 0. The number of nitrogens with zero attached hydrogens (tertiary/aromatic N) is 1. The van der Waals surface area contributed by atoms with Crippen LogP contribution >= 0.6 is 11.6 Å². The summed E-state index contributed by atoms with van der Waals surface area (Å²) in [6.07, 6.45) is 5.18. The SMILES string of the molecule is O=C1[C@@H]2[C@H](C(=O)N1CCCl)[C@H]1C=C[C@H]2C1. The fourth-order valence-electron chi connectivity index (χ4n) is 3.27. The van der Waals surface area contributed by atoms with E-state index in [-0.39, 0.29) is 23.7 Å². The molecule has 2 fully saturated rings. The van der Waals surface area contributed by atoms with Crippen LogP contribution in [0.5, 0.6) is 0 Å². The Morgan fingerprint density at radius 3 is 2.20 bits per heavy atom. The molecule has 0 spiro atoms. The zero-order valence-electron chi connectivity index (χ0n) is 8.23. The number of carbonyl (C=O) groups is 2. The van der Waals surface area contributed by atoms with E-state index in [1.54, 1.807) is 0 Å². The molecule has 4 heteroatoms. The molecule has 3 aliphatic rings. The van der Waals surface area contributed by atoms with Crippen molar-refractivity contribution in [2.45, 2.75) is 6.42 Å². The van der Waals surface area contributed by atoms with Gasteiger partial charge in [-0.15, -0.1) is 11.6 Å². The molecule has 80 valence electrons. The average molecular weight is 226 g/mol. The van der Waals surface area contributed by atoms with Gasteiger partial charge in [0, 0.05) is 12.4 Å². The van der Waals surface area contributed by atoms with Gasteiger partial charge < -0.3 is 0 Å². The van der Waals surface area contributed by atoms with Crippen molar-refractivity contribution >= 4 is 23.4 Å². The van der Waals surface area contributed by atoms with Gasteiger partial charge in [0.2, 0.25) is 11.8 Å². The fourth-order valence-corrected chi connectivity index (χ4v) is 3.44. The second kappa shape index (κ2) is 3.08. The van der Waals surface area contributed by atoms with Crippen molar-refractivity contribution in [2.75, 3.05) is 12.4 Å². The van der Waals surface area contributed by atoms with E-state index in [2.05, 4.69) is 12.2 Å². The summed E-state index contributed by atoms with van der Waals surface area (Å²) in [5.41, 5.74) is 0. The summed E-state index contributed by atoms with van der Waals surface area (Å²) in [6.45, 7) is 0.367. The summed E-state index contributed by atoms with van der Waals surface area (Å²) in [4.78, 5) is 25.3. The van der Waals surface area contributed by atoms with E-state index in [1.165, 1.54) is 4.90 Å². The maximum Gasteiger partial charge on any atom is 0.233 e. The van der Waals surface area contributed by atoms with Gasteiger partial charge in [-0.05, 0) is 18.3 Å². The lowest BCUT2D eigenvalue weighted by Gasteiger charge is -2.15. The number of hydrogen-bond acceptors (Lipinski definition) is 2. The third-order valence-corrected chi connectivity index (χ3v) is 4.04. The van der Waals surface area contributed by atoms with Gasteiger partial charge in [-0.3, -0.25) is 14.5 Å². The molecule has 15 heavy (non-hydrogen) atoms. The quantitative estimate of drug-likeness (QED) is 0.400. The third kappa shape index (κ3) is 1.07. The molecule has 1 aliphatic heterocycles. The number of halogens is 1. The van der Waals surface area contributed by atoms with Crippen LogP contribution < -0.4 is 0 Å². The van der Waals surface area contributed by atoms with Crippen LogP contribution in [0.1, 0.15) is 6.42 Å². The number of imide groups is 1. The van der Waals surface area contributed by atoms with E-state index in [1.807, 2.05) is 0 Å². The normalized spacial score (nSPS) is 41.8. The fraction of sp³-hybridized carbons (Fsp3) is 0.636. The largest absolute Gasteiger partial charge is 0.281 e. The van der Waals surface area contributed by atoms with Crippen molar-refractivity contribution in [2.24, 2.45) is 23.7 Å². The molecular formula is C11H12ClNO2. The van der Waals surface area contributed by atoms with Crippen molar-refractivity contribution in [3.63, 3.8) is 0 Å². The summed E-state index contributed by atoms with van der Waals surface area (Å²) < 4.78 is 0. The Morgan fingerprint density at radius 1 is 1.20 bits per heavy atom. The van der Waals surface area contributed by atoms with Gasteiger partial charge in [-0.25, -0.2) is 0 Å². The number of alkyl halides is 1. The van der Waals surface area contributed by atoms with E-state index in [0.29, 0.717) is 24.3 Å². The van der Waals surface area contributed by atoms with Crippen molar-refractivity contribution in [3.05, 3.63) is 12.2 Å². The molecule has 0 radical (unpaired) electrons. The highest BCUT2D eigenvalue weighted by Gasteiger charge is 2.58. The molecule has 0 N–H and O–H groups in total. The Hall–Kier alpha value is -0.830. The van der Waals surface area contributed by atoms with E-state index < -0.39 is 0 Å². The molecule has 3 rings (SSSR count). The smallest absolute Gasteiger partial charge is 0.233 e. The first-order chi connectivity index (χ1) is 7.24. The summed E-state index contributed by atoms with van der Waals surface area (Å²) in [5, 5.41) is 0. The predicted octanol–water partition coefficient (Wildman–Crippen LogP) is 1.03. The second-order valence-corrected chi connectivity index (χ2v) is 4.89. The van der Waals surface area contributed by atoms with E-state index >= 15 is 0 Å². The molecular weight excluding hydrogens is 214 g/mol. The lowest BCUT2D eigenvalue weighted by atomic mass is 9.85. The Balaban J connectivity index is 1.93. The van der Waals surface area contributed by atoms with E-state index in [9.17, 15) is 9.59 Å². The molecule has 3 nitrogen and oxygen atoms in total. The molecule has 4 atom stereocenters. The molecule has 0 aromatic carbocycles. The van der Waals surface area contributed by atoms with Crippen LogP contribution in [0, 0.1) is 23.7 Å². The van der Waals surface area contributed by atoms with Gasteiger partial charge in [-0.2, -0.15) is 0 Å². The highest BCUT2D eigenvalue weighted by molar-refractivity contribution is 6.18. The van der Waals surface area contributed by atoms with Gasteiger partial charge in [0.1, 0.15) is 0 Å². The lowest BCUT2D eigenvalue weighted by Crippen LogP contribution is -2.34. The van der Waals surface area contributed by atoms with Gasteiger partial charge in [0.15, 0.2) is 0 Å². The number of likely N-dealkylation sites (tertiary alicyclic amines) is 1. The van der Waals surface area contributed by atoms with Crippen LogP contribution in [-0.4, -0.2) is 29.1 Å². The van der Waals surface area contributed by atoms with Gasteiger partial charge in [0.05, 0.1) is 11.8 Å². The van der Waals surface area contributed by atoms with Crippen LogP contribution in [0.15, 0.2) is 12.2 Å². The standard InChI is InChI=1S/C11H12ClNO2/c12-3-4-13-10(14)8-6-1-2-7(5-6)9(8)11(13)15/h1-2,6-9H,3-5H2/t6-,7-,8-,9+/m0/s1. The van der Waals surface area contributed by atoms with Crippen LogP contribution in [0.4, 0.5) is 0 Å². The molecule has 1 heterocycles. The van der Waals surface area contributed by atoms with Gasteiger partial charge >= 0.3 is 0 Å². The Labute approximate surface area is 93.1 Å². The summed E-state index contributed by atoms with van der Waals surface area (Å²) in [5.74, 6) is 0.796. The van der Waals surface area contributed by atoms with Crippen LogP contribution in [-0.2, 0) is 9.59 Å². The van der Waals surface area contributed by atoms with Crippen molar-refractivity contribution < 1.29 is 9.59 Å². The number of amides is 2. The molecule has 2 amide bonds. The maximum absolute atomic E-state index is 12.0. The highest BCUT2D eigenvalue weighted by atomic mass is 35.5. The molecule has 2 aliphatic carbocycles. The first kappa shape index (κ1) is 9.40. The number of rotatable bonds is 2. The van der Waals surface area contributed by atoms with Gasteiger partial charge in [0.25, 0.3) is 0 Å². The minimum atomic E-state index is -0.0734. The monoisotopic (exact) mass is 225 g/mol. The summed E-state index contributed by atoms with van der Waals surface area (Å²) in [7, 11) is 0.